The van der Waals surface area contributed by atoms with Crippen LogP contribution in [-0.4, -0.2) is 68.4 Å². The first kappa shape index (κ1) is 18.1. The van der Waals surface area contributed by atoms with Crippen LogP contribution in [0.25, 0.3) is 0 Å². The molecule has 0 aromatic carbocycles. The normalized spacial score (nSPS) is 21.8. The van der Waals surface area contributed by atoms with Crippen LogP contribution >= 0.6 is 0 Å². The number of likely N-dealkylation sites (tertiary alicyclic amines) is 1. The average molecular weight is 347 g/mol. The van der Waals surface area contributed by atoms with Crippen LogP contribution in [0.3, 0.4) is 0 Å². The smallest absolute Gasteiger partial charge is 0.225 e. The van der Waals surface area contributed by atoms with Crippen LogP contribution in [0.4, 0.5) is 5.69 Å². The summed E-state index contributed by atoms with van der Waals surface area (Å²) in [7, 11) is 1.67. The van der Waals surface area contributed by atoms with Gasteiger partial charge < -0.3 is 19.3 Å². The van der Waals surface area contributed by atoms with E-state index < -0.39 is 0 Å². The second-order valence-corrected chi connectivity index (χ2v) is 6.98. The highest BCUT2D eigenvalue weighted by molar-refractivity contribution is 5.79. The Labute approximate surface area is 150 Å². The summed E-state index contributed by atoms with van der Waals surface area (Å²) in [5.41, 5.74) is 2.44. The minimum absolute atomic E-state index is 0.149. The van der Waals surface area contributed by atoms with Gasteiger partial charge in [-0.15, -0.1) is 0 Å². The fourth-order valence-corrected chi connectivity index (χ4v) is 3.81. The lowest BCUT2D eigenvalue weighted by atomic mass is 9.94. The molecular weight excluding hydrogens is 318 g/mol. The summed E-state index contributed by atoms with van der Waals surface area (Å²) in [6.45, 7) is 6.72. The molecule has 138 valence electrons. The first-order valence-corrected chi connectivity index (χ1v) is 9.24. The first-order chi connectivity index (χ1) is 12.2. The summed E-state index contributed by atoms with van der Waals surface area (Å²) < 4.78 is 10.8. The van der Waals surface area contributed by atoms with Gasteiger partial charge in [0.1, 0.15) is 0 Å². The van der Waals surface area contributed by atoms with E-state index in [9.17, 15) is 4.79 Å². The van der Waals surface area contributed by atoms with Crippen molar-refractivity contribution < 1.29 is 14.3 Å². The topological polar surface area (TPSA) is 54.9 Å². The quantitative estimate of drug-likeness (QED) is 0.736. The van der Waals surface area contributed by atoms with Crippen molar-refractivity contribution in [3.63, 3.8) is 0 Å². The van der Waals surface area contributed by atoms with E-state index in [0.29, 0.717) is 19.1 Å². The summed E-state index contributed by atoms with van der Waals surface area (Å²) >= 11 is 0. The van der Waals surface area contributed by atoms with Crippen LogP contribution in [0.15, 0.2) is 18.5 Å². The van der Waals surface area contributed by atoms with Gasteiger partial charge in [-0.05, 0) is 37.8 Å². The Morgan fingerprint density at radius 3 is 2.76 bits per heavy atom. The van der Waals surface area contributed by atoms with Crippen molar-refractivity contribution in [2.45, 2.75) is 32.3 Å². The summed E-state index contributed by atoms with van der Waals surface area (Å²) in [6.07, 6.45) is 6.69. The molecule has 0 N–H and O–H groups in total. The van der Waals surface area contributed by atoms with E-state index in [0.717, 1.165) is 45.4 Å². The number of methoxy groups -OCH3 is 1. The van der Waals surface area contributed by atoms with Crippen LogP contribution in [-0.2, 0) is 14.3 Å². The minimum atomic E-state index is 0.149. The van der Waals surface area contributed by atoms with E-state index in [4.69, 9.17) is 9.47 Å². The lowest BCUT2D eigenvalue weighted by molar-refractivity contribution is -0.135. The predicted octanol–water partition coefficient (Wildman–Crippen LogP) is 1.87. The van der Waals surface area contributed by atoms with Crippen molar-refractivity contribution in [1.29, 1.82) is 0 Å². The molecule has 2 fully saturated rings. The minimum Gasteiger partial charge on any atom is -0.382 e. The molecule has 1 aromatic heterocycles. The molecular formula is C19H29N3O3. The molecule has 1 aromatic rings. The zero-order valence-corrected chi connectivity index (χ0v) is 15.3. The van der Waals surface area contributed by atoms with Crippen LogP contribution in [0.5, 0.6) is 0 Å². The summed E-state index contributed by atoms with van der Waals surface area (Å²) in [5, 5.41) is 0. The molecule has 0 radical (unpaired) electrons. The fraction of sp³-hybridized carbons (Fsp3) is 0.684. The Morgan fingerprint density at radius 1 is 1.24 bits per heavy atom. The summed E-state index contributed by atoms with van der Waals surface area (Å²) in [5.74, 6) is 0.458. The molecule has 1 atom stereocenters. The number of carbonyl (C=O) groups is 1. The zero-order chi connectivity index (χ0) is 17.6. The third kappa shape index (κ3) is 4.50. The molecule has 2 aliphatic heterocycles. The maximum Gasteiger partial charge on any atom is 0.225 e. The number of rotatable bonds is 6. The number of aryl methyl sites for hydroxylation is 1. The molecule has 3 heterocycles. The van der Waals surface area contributed by atoms with Crippen molar-refractivity contribution in [3.8, 4) is 0 Å². The van der Waals surface area contributed by atoms with E-state index >= 15 is 0 Å². The molecule has 2 aliphatic rings. The lowest BCUT2D eigenvalue weighted by Gasteiger charge is -2.35. The van der Waals surface area contributed by atoms with Gasteiger partial charge in [-0.25, -0.2) is 0 Å². The molecule has 2 saturated heterocycles. The number of nitrogens with zero attached hydrogens (tertiary/aromatic N) is 3. The monoisotopic (exact) mass is 347 g/mol. The van der Waals surface area contributed by atoms with E-state index in [1.54, 1.807) is 7.11 Å². The van der Waals surface area contributed by atoms with Crippen molar-refractivity contribution >= 4 is 11.6 Å². The van der Waals surface area contributed by atoms with Crippen LogP contribution in [0, 0.1) is 12.8 Å². The molecule has 0 aliphatic carbocycles. The molecule has 3 rings (SSSR count). The van der Waals surface area contributed by atoms with Gasteiger partial charge in [0.25, 0.3) is 0 Å². The number of hydrogen-bond donors (Lipinski definition) is 0. The number of pyridine rings is 1. The third-order valence-corrected chi connectivity index (χ3v) is 5.27. The Hall–Kier alpha value is -1.66. The number of anilines is 1. The Balaban J connectivity index is 1.47. The van der Waals surface area contributed by atoms with E-state index in [-0.39, 0.29) is 12.0 Å². The van der Waals surface area contributed by atoms with E-state index in [1.165, 1.54) is 11.3 Å². The first-order valence-electron chi connectivity index (χ1n) is 9.24. The van der Waals surface area contributed by atoms with Gasteiger partial charge in [-0.1, -0.05) is 0 Å². The Kier molecular flexibility index (Phi) is 6.26. The second-order valence-electron chi connectivity index (χ2n) is 6.98. The molecule has 0 saturated carbocycles. The van der Waals surface area contributed by atoms with Crippen LogP contribution in [0.2, 0.25) is 0 Å². The standard InChI is InChI=1S/C19H29N3O3/c1-15-13-20-7-3-18(15)21-8-4-16(5-9-21)19(23)22-10-6-17(14-22)25-12-11-24-2/h3,7,13,16-17H,4-6,8-12,14H2,1-2H3. The van der Waals surface area contributed by atoms with Crippen LogP contribution in [0.1, 0.15) is 24.8 Å². The Morgan fingerprint density at radius 2 is 2.04 bits per heavy atom. The molecule has 6 nitrogen and oxygen atoms in total. The van der Waals surface area contributed by atoms with Crippen molar-refractivity contribution in [2.75, 3.05) is 51.4 Å². The molecule has 0 spiro atoms. The Bertz CT molecular complexity index is 573. The van der Waals surface area contributed by atoms with Gasteiger partial charge in [-0.2, -0.15) is 0 Å². The van der Waals surface area contributed by atoms with Gasteiger partial charge in [0.2, 0.25) is 5.91 Å². The molecule has 1 amide bonds. The maximum atomic E-state index is 12.8. The number of piperidine rings is 1. The van der Waals surface area contributed by atoms with Crippen molar-refractivity contribution in [3.05, 3.63) is 24.0 Å². The van der Waals surface area contributed by atoms with Gasteiger partial charge in [0.15, 0.2) is 0 Å². The number of carbonyl (C=O) groups excluding carboxylic acids is 1. The number of aromatic nitrogens is 1. The predicted molar refractivity (Wildman–Crippen MR) is 96.7 cm³/mol. The highest BCUT2D eigenvalue weighted by Gasteiger charge is 2.33. The number of ether oxygens (including phenoxy) is 2. The summed E-state index contributed by atoms with van der Waals surface area (Å²) in [6, 6.07) is 2.07. The average Bonchev–Trinajstić information content (AvgIpc) is 3.11. The largest absolute Gasteiger partial charge is 0.382 e. The molecule has 1 unspecified atom stereocenters. The number of amides is 1. The highest BCUT2D eigenvalue weighted by Crippen LogP contribution is 2.27. The van der Waals surface area contributed by atoms with Gasteiger partial charge in [0, 0.05) is 57.3 Å². The highest BCUT2D eigenvalue weighted by atomic mass is 16.5. The second kappa shape index (κ2) is 8.63. The van der Waals surface area contributed by atoms with E-state index in [1.807, 2.05) is 17.3 Å². The van der Waals surface area contributed by atoms with E-state index in [2.05, 4.69) is 22.9 Å². The maximum absolute atomic E-state index is 12.8. The fourth-order valence-electron chi connectivity index (χ4n) is 3.81. The lowest BCUT2D eigenvalue weighted by Crippen LogP contribution is -2.42. The molecule has 6 heteroatoms. The number of hydrogen-bond acceptors (Lipinski definition) is 5. The van der Waals surface area contributed by atoms with Crippen molar-refractivity contribution in [2.24, 2.45) is 5.92 Å². The SMILES string of the molecule is COCCOC1CCN(C(=O)C2CCN(c3ccncc3C)CC2)C1. The third-order valence-electron chi connectivity index (χ3n) is 5.27. The van der Waals surface area contributed by atoms with Gasteiger partial charge in [-0.3, -0.25) is 9.78 Å². The van der Waals surface area contributed by atoms with Crippen LogP contribution < -0.4 is 4.90 Å². The summed E-state index contributed by atoms with van der Waals surface area (Å²) in [4.78, 5) is 21.3. The molecule has 0 bridgehead atoms. The van der Waals surface area contributed by atoms with Gasteiger partial charge >= 0.3 is 0 Å². The zero-order valence-electron chi connectivity index (χ0n) is 15.3. The van der Waals surface area contributed by atoms with Crippen molar-refractivity contribution in [1.82, 2.24) is 9.88 Å². The van der Waals surface area contributed by atoms with Gasteiger partial charge in [0.05, 0.1) is 19.3 Å². The molecule has 25 heavy (non-hydrogen) atoms.